The molecule has 24 heavy (non-hydrogen) atoms. The first-order chi connectivity index (χ1) is 11.6. The summed E-state index contributed by atoms with van der Waals surface area (Å²) >= 11 is 0. The maximum Gasteiger partial charge on any atom is 0.358 e. The standard InChI is InChI=1S/C15H12FN5O3/c1-2-24-15(23)10-3-4-13-18-12(8-21(13)20-10)19-14(22)9-5-6-17-11(16)7-9/h3-8H,2H2,1H3,(H,19,22). The van der Waals surface area contributed by atoms with E-state index in [1.807, 2.05) is 0 Å². The van der Waals surface area contributed by atoms with E-state index < -0.39 is 17.8 Å². The average Bonchev–Trinajstić information content (AvgIpc) is 2.96. The Morgan fingerprint density at radius 2 is 2.17 bits per heavy atom. The van der Waals surface area contributed by atoms with Crippen LogP contribution in [0.2, 0.25) is 0 Å². The number of ether oxygens (including phenoxy) is 1. The first-order valence-corrected chi connectivity index (χ1v) is 7.03. The highest BCUT2D eigenvalue weighted by Crippen LogP contribution is 2.11. The molecule has 8 nitrogen and oxygen atoms in total. The zero-order valence-corrected chi connectivity index (χ0v) is 12.6. The van der Waals surface area contributed by atoms with Crippen molar-refractivity contribution in [1.29, 1.82) is 0 Å². The van der Waals surface area contributed by atoms with Crippen LogP contribution in [-0.4, -0.2) is 38.1 Å². The molecule has 0 spiro atoms. The van der Waals surface area contributed by atoms with Gasteiger partial charge in [-0.25, -0.2) is 19.3 Å². The Morgan fingerprint density at radius 3 is 2.92 bits per heavy atom. The summed E-state index contributed by atoms with van der Waals surface area (Å²) in [5.74, 6) is -1.62. The van der Waals surface area contributed by atoms with Crippen LogP contribution in [0.1, 0.15) is 27.8 Å². The first-order valence-electron chi connectivity index (χ1n) is 7.03. The fraction of sp³-hybridized carbons (Fsp3) is 0.133. The summed E-state index contributed by atoms with van der Waals surface area (Å²) in [6, 6.07) is 5.44. The molecular formula is C15H12FN5O3. The van der Waals surface area contributed by atoms with Crippen molar-refractivity contribution in [2.75, 3.05) is 11.9 Å². The lowest BCUT2D eigenvalue weighted by Crippen LogP contribution is -2.12. The molecule has 9 heteroatoms. The normalized spacial score (nSPS) is 10.6. The molecule has 0 aliphatic rings. The van der Waals surface area contributed by atoms with E-state index in [0.29, 0.717) is 5.65 Å². The molecule has 0 aliphatic carbocycles. The molecule has 0 saturated carbocycles. The monoisotopic (exact) mass is 329 g/mol. The second kappa shape index (κ2) is 6.41. The molecule has 0 aromatic carbocycles. The third-order valence-corrected chi connectivity index (χ3v) is 3.03. The van der Waals surface area contributed by atoms with Crippen molar-refractivity contribution in [3.8, 4) is 0 Å². The van der Waals surface area contributed by atoms with Crippen molar-refractivity contribution in [2.24, 2.45) is 0 Å². The van der Waals surface area contributed by atoms with E-state index in [4.69, 9.17) is 4.74 Å². The number of hydrogen-bond donors (Lipinski definition) is 1. The lowest BCUT2D eigenvalue weighted by Gasteiger charge is -2.01. The largest absolute Gasteiger partial charge is 0.461 e. The van der Waals surface area contributed by atoms with Gasteiger partial charge in [-0.2, -0.15) is 9.49 Å². The minimum Gasteiger partial charge on any atom is -0.461 e. The predicted octanol–water partition coefficient (Wildman–Crippen LogP) is 1.69. The van der Waals surface area contributed by atoms with E-state index in [9.17, 15) is 14.0 Å². The van der Waals surface area contributed by atoms with E-state index in [2.05, 4.69) is 20.4 Å². The second-order valence-electron chi connectivity index (χ2n) is 4.69. The number of halogens is 1. The van der Waals surface area contributed by atoms with E-state index in [0.717, 1.165) is 6.07 Å². The number of amides is 1. The van der Waals surface area contributed by atoms with Gasteiger partial charge in [0.15, 0.2) is 17.2 Å². The van der Waals surface area contributed by atoms with Gasteiger partial charge in [0.1, 0.15) is 0 Å². The van der Waals surface area contributed by atoms with Crippen LogP contribution < -0.4 is 5.32 Å². The van der Waals surface area contributed by atoms with Gasteiger partial charge in [-0.05, 0) is 25.1 Å². The minimum absolute atomic E-state index is 0.111. The molecule has 0 saturated heterocycles. The Hall–Kier alpha value is -3.36. The third kappa shape index (κ3) is 3.19. The van der Waals surface area contributed by atoms with Crippen molar-refractivity contribution in [2.45, 2.75) is 6.92 Å². The van der Waals surface area contributed by atoms with Crippen LogP contribution in [0, 0.1) is 5.95 Å². The molecule has 0 fully saturated rings. The van der Waals surface area contributed by atoms with Crippen LogP contribution in [0.3, 0.4) is 0 Å². The number of hydrogen-bond acceptors (Lipinski definition) is 6. The summed E-state index contributed by atoms with van der Waals surface area (Å²) in [6.07, 6.45) is 2.63. The van der Waals surface area contributed by atoms with Gasteiger partial charge in [-0.15, -0.1) is 0 Å². The molecule has 0 atom stereocenters. The number of carbonyl (C=O) groups excluding carboxylic acids is 2. The average molecular weight is 329 g/mol. The third-order valence-electron chi connectivity index (χ3n) is 3.03. The van der Waals surface area contributed by atoms with E-state index >= 15 is 0 Å². The van der Waals surface area contributed by atoms with Crippen molar-refractivity contribution >= 4 is 23.3 Å². The van der Waals surface area contributed by atoms with E-state index in [1.165, 1.54) is 29.0 Å². The van der Waals surface area contributed by atoms with Gasteiger partial charge in [-0.3, -0.25) is 4.79 Å². The van der Waals surface area contributed by atoms with Gasteiger partial charge < -0.3 is 10.1 Å². The molecule has 0 unspecified atom stereocenters. The summed E-state index contributed by atoms with van der Waals surface area (Å²) in [5, 5.41) is 6.59. The summed E-state index contributed by atoms with van der Waals surface area (Å²) in [4.78, 5) is 31.3. The Bertz CT molecular complexity index is 924. The highest BCUT2D eigenvalue weighted by atomic mass is 19.1. The zero-order chi connectivity index (χ0) is 17.1. The summed E-state index contributed by atoms with van der Waals surface area (Å²) in [6.45, 7) is 1.94. The summed E-state index contributed by atoms with van der Waals surface area (Å²) in [7, 11) is 0. The highest BCUT2D eigenvalue weighted by molar-refractivity contribution is 6.03. The quantitative estimate of drug-likeness (QED) is 0.578. The Kier molecular flexibility index (Phi) is 4.15. The fourth-order valence-electron chi connectivity index (χ4n) is 1.99. The number of carbonyl (C=O) groups is 2. The zero-order valence-electron chi connectivity index (χ0n) is 12.6. The summed E-state index contributed by atoms with van der Waals surface area (Å²) < 4.78 is 19.3. The lowest BCUT2D eigenvalue weighted by molar-refractivity contribution is 0.0517. The number of esters is 1. The molecule has 0 aliphatic heterocycles. The van der Waals surface area contributed by atoms with Gasteiger partial charge in [0.2, 0.25) is 5.95 Å². The number of aromatic nitrogens is 4. The van der Waals surface area contributed by atoms with Crippen LogP contribution in [0.5, 0.6) is 0 Å². The maximum atomic E-state index is 13.1. The molecule has 0 radical (unpaired) electrons. The maximum absolute atomic E-state index is 13.1. The number of pyridine rings is 1. The highest BCUT2D eigenvalue weighted by Gasteiger charge is 2.13. The first kappa shape index (κ1) is 15.5. The van der Waals surface area contributed by atoms with Gasteiger partial charge in [-0.1, -0.05) is 0 Å². The number of imidazole rings is 1. The number of nitrogens with zero attached hydrogens (tertiary/aromatic N) is 4. The van der Waals surface area contributed by atoms with Crippen LogP contribution in [0.4, 0.5) is 10.2 Å². The Morgan fingerprint density at radius 1 is 1.33 bits per heavy atom. The molecule has 122 valence electrons. The molecule has 3 aromatic heterocycles. The molecule has 3 aromatic rings. The lowest BCUT2D eigenvalue weighted by atomic mass is 10.2. The van der Waals surface area contributed by atoms with Crippen molar-refractivity contribution in [1.82, 2.24) is 19.6 Å². The predicted molar refractivity (Wildman–Crippen MR) is 81.1 cm³/mol. The number of rotatable bonds is 4. The van der Waals surface area contributed by atoms with Crippen LogP contribution in [0.25, 0.3) is 5.65 Å². The topological polar surface area (TPSA) is 98.5 Å². The molecule has 3 rings (SSSR count). The Balaban J connectivity index is 1.83. The van der Waals surface area contributed by atoms with Gasteiger partial charge >= 0.3 is 5.97 Å². The van der Waals surface area contributed by atoms with Gasteiger partial charge in [0.05, 0.1) is 12.8 Å². The smallest absolute Gasteiger partial charge is 0.358 e. The van der Waals surface area contributed by atoms with Crippen LogP contribution >= 0.6 is 0 Å². The number of anilines is 1. The molecule has 1 amide bonds. The van der Waals surface area contributed by atoms with E-state index in [-0.39, 0.29) is 23.7 Å². The SMILES string of the molecule is CCOC(=O)c1ccc2nc(NC(=O)c3ccnc(F)c3)cn2n1. The summed E-state index contributed by atoms with van der Waals surface area (Å²) in [5.41, 5.74) is 0.662. The van der Waals surface area contributed by atoms with E-state index in [1.54, 1.807) is 13.0 Å². The van der Waals surface area contributed by atoms with Crippen molar-refractivity contribution < 1.29 is 18.7 Å². The molecule has 3 heterocycles. The van der Waals surface area contributed by atoms with Crippen LogP contribution in [-0.2, 0) is 4.74 Å². The van der Waals surface area contributed by atoms with Crippen molar-refractivity contribution in [3.63, 3.8) is 0 Å². The number of nitrogens with one attached hydrogen (secondary N) is 1. The van der Waals surface area contributed by atoms with Crippen molar-refractivity contribution in [3.05, 3.63) is 53.9 Å². The van der Waals surface area contributed by atoms with Gasteiger partial charge in [0, 0.05) is 17.8 Å². The number of fused-ring (bicyclic) bond motifs is 1. The van der Waals surface area contributed by atoms with Crippen LogP contribution in [0.15, 0.2) is 36.7 Å². The molecule has 1 N–H and O–H groups in total. The second-order valence-corrected chi connectivity index (χ2v) is 4.69. The molecule has 0 bridgehead atoms. The molecular weight excluding hydrogens is 317 g/mol. The Labute approximate surface area is 135 Å². The van der Waals surface area contributed by atoms with Gasteiger partial charge in [0.25, 0.3) is 5.91 Å². The fourth-order valence-corrected chi connectivity index (χ4v) is 1.99. The minimum atomic E-state index is -0.751.